The SMILES string of the molecule is O=C(NCCCN1CCOCC1)Nc1cnn(-c2ccccc2F)c1. The molecule has 0 aliphatic carbocycles. The number of nitrogens with one attached hydrogen (secondary N) is 2. The number of ether oxygens (including phenoxy) is 1. The standard InChI is InChI=1S/C17H22FN5O2/c18-15-4-1-2-5-16(15)23-13-14(12-20-23)21-17(24)19-6-3-7-22-8-10-25-11-9-22/h1-2,4-5,12-13H,3,6-11H2,(H2,19,21,24). The summed E-state index contributed by atoms with van der Waals surface area (Å²) in [5, 5.41) is 9.59. The Morgan fingerprint density at radius 3 is 2.88 bits per heavy atom. The third-order valence-corrected chi connectivity index (χ3v) is 3.98. The van der Waals surface area contributed by atoms with Gasteiger partial charge in [0.1, 0.15) is 11.5 Å². The molecule has 0 spiro atoms. The van der Waals surface area contributed by atoms with E-state index < -0.39 is 0 Å². The van der Waals surface area contributed by atoms with Crippen molar-refractivity contribution in [2.75, 3.05) is 44.7 Å². The number of para-hydroxylation sites is 1. The van der Waals surface area contributed by atoms with Crippen molar-refractivity contribution in [3.8, 4) is 5.69 Å². The summed E-state index contributed by atoms with van der Waals surface area (Å²) < 4.78 is 20.4. The molecule has 0 radical (unpaired) electrons. The molecule has 25 heavy (non-hydrogen) atoms. The average Bonchev–Trinajstić information content (AvgIpc) is 3.08. The number of nitrogens with zero attached hydrogens (tertiary/aromatic N) is 3. The van der Waals surface area contributed by atoms with Gasteiger partial charge >= 0.3 is 6.03 Å². The summed E-state index contributed by atoms with van der Waals surface area (Å²) in [6, 6.07) is 6.04. The number of halogens is 1. The van der Waals surface area contributed by atoms with Crippen molar-refractivity contribution < 1.29 is 13.9 Å². The number of hydrogen-bond donors (Lipinski definition) is 2. The van der Waals surface area contributed by atoms with Gasteiger partial charge in [-0.25, -0.2) is 13.9 Å². The monoisotopic (exact) mass is 347 g/mol. The van der Waals surface area contributed by atoms with Gasteiger partial charge in [-0.3, -0.25) is 4.90 Å². The Morgan fingerprint density at radius 2 is 2.08 bits per heavy atom. The van der Waals surface area contributed by atoms with Crippen LogP contribution < -0.4 is 10.6 Å². The summed E-state index contributed by atoms with van der Waals surface area (Å²) in [5.41, 5.74) is 0.843. The van der Waals surface area contributed by atoms with Gasteiger partial charge in [-0.15, -0.1) is 0 Å². The van der Waals surface area contributed by atoms with Gasteiger partial charge in [-0.2, -0.15) is 5.10 Å². The van der Waals surface area contributed by atoms with E-state index in [0.717, 1.165) is 39.3 Å². The van der Waals surface area contributed by atoms with Crippen molar-refractivity contribution in [3.63, 3.8) is 0 Å². The molecule has 2 N–H and O–H groups in total. The highest BCUT2D eigenvalue weighted by Gasteiger charge is 2.10. The first-order valence-electron chi connectivity index (χ1n) is 8.37. The van der Waals surface area contributed by atoms with E-state index in [4.69, 9.17) is 4.74 Å². The number of rotatable bonds is 6. The van der Waals surface area contributed by atoms with E-state index in [1.807, 2.05) is 0 Å². The number of morpholine rings is 1. The van der Waals surface area contributed by atoms with Crippen molar-refractivity contribution in [1.82, 2.24) is 20.0 Å². The minimum atomic E-state index is -0.371. The zero-order valence-electron chi connectivity index (χ0n) is 13.9. The summed E-state index contributed by atoms with van der Waals surface area (Å²) >= 11 is 0. The van der Waals surface area contributed by atoms with Crippen LogP contribution in [0.2, 0.25) is 0 Å². The van der Waals surface area contributed by atoms with Crippen LogP contribution in [-0.4, -0.2) is 60.1 Å². The fourth-order valence-corrected chi connectivity index (χ4v) is 2.66. The van der Waals surface area contributed by atoms with Crippen LogP contribution in [0.5, 0.6) is 0 Å². The van der Waals surface area contributed by atoms with E-state index in [2.05, 4.69) is 20.6 Å². The summed E-state index contributed by atoms with van der Waals surface area (Å²) in [6.45, 7) is 4.97. The molecular weight excluding hydrogens is 325 g/mol. The number of urea groups is 1. The Hall–Kier alpha value is -2.45. The maximum absolute atomic E-state index is 13.7. The second kappa shape index (κ2) is 8.59. The van der Waals surface area contributed by atoms with Gasteiger partial charge in [0.2, 0.25) is 0 Å². The first-order valence-corrected chi connectivity index (χ1v) is 8.37. The van der Waals surface area contributed by atoms with Crippen molar-refractivity contribution in [2.24, 2.45) is 0 Å². The highest BCUT2D eigenvalue weighted by molar-refractivity contribution is 5.88. The van der Waals surface area contributed by atoms with Crippen LogP contribution in [0.15, 0.2) is 36.7 Å². The lowest BCUT2D eigenvalue weighted by Crippen LogP contribution is -2.38. The Bertz CT molecular complexity index is 700. The average molecular weight is 347 g/mol. The number of amides is 2. The van der Waals surface area contributed by atoms with E-state index in [1.54, 1.807) is 24.4 Å². The molecule has 8 heteroatoms. The third-order valence-electron chi connectivity index (χ3n) is 3.98. The van der Waals surface area contributed by atoms with Gasteiger partial charge in [0.05, 0.1) is 31.3 Å². The molecule has 1 saturated heterocycles. The van der Waals surface area contributed by atoms with E-state index in [0.29, 0.717) is 17.9 Å². The number of hydrogen-bond acceptors (Lipinski definition) is 4. The Labute approximate surface area is 145 Å². The van der Waals surface area contributed by atoms with E-state index >= 15 is 0 Å². The zero-order chi connectivity index (χ0) is 17.5. The Kier molecular flexibility index (Phi) is 5.97. The van der Waals surface area contributed by atoms with Gasteiger partial charge in [-0.1, -0.05) is 12.1 Å². The van der Waals surface area contributed by atoms with E-state index in [-0.39, 0.29) is 11.8 Å². The lowest BCUT2D eigenvalue weighted by molar-refractivity contribution is 0.0375. The van der Waals surface area contributed by atoms with Gasteiger partial charge in [0.25, 0.3) is 0 Å². The maximum atomic E-state index is 13.7. The minimum absolute atomic E-state index is 0.296. The maximum Gasteiger partial charge on any atom is 0.319 e. The van der Waals surface area contributed by atoms with Crippen molar-refractivity contribution >= 4 is 11.7 Å². The lowest BCUT2D eigenvalue weighted by atomic mass is 10.3. The molecule has 1 aromatic carbocycles. The van der Waals surface area contributed by atoms with E-state index in [9.17, 15) is 9.18 Å². The molecule has 2 heterocycles. The summed E-state index contributed by atoms with van der Waals surface area (Å²) in [6.07, 6.45) is 3.94. The van der Waals surface area contributed by atoms with Crippen LogP contribution >= 0.6 is 0 Å². The molecule has 0 saturated carbocycles. The summed E-state index contributed by atoms with van der Waals surface area (Å²) in [5.74, 6) is -0.371. The molecule has 2 amide bonds. The van der Waals surface area contributed by atoms with Crippen LogP contribution in [0.1, 0.15) is 6.42 Å². The summed E-state index contributed by atoms with van der Waals surface area (Å²) in [7, 11) is 0. The normalized spacial score (nSPS) is 15.1. The topological polar surface area (TPSA) is 71.4 Å². The van der Waals surface area contributed by atoms with Gasteiger partial charge in [-0.05, 0) is 25.1 Å². The molecule has 0 bridgehead atoms. The van der Waals surface area contributed by atoms with Gasteiger partial charge in [0, 0.05) is 19.6 Å². The molecule has 134 valence electrons. The van der Waals surface area contributed by atoms with E-state index in [1.165, 1.54) is 16.9 Å². The van der Waals surface area contributed by atoms with Gasteiger partial charge in [0.15, 0.2) is 0 Å². The molecule has 1 aliphatic rings. The van der Waals surface area contributed by atoms with Gasteiger partial charge < -0.3 is 15.4 Å². The highest BCUT2D eigenvalue weighted by Crippen LogP contribution is 2.14. The minimum Gasteiger partial charge on any atom is -0.379 e. The molecule has 3 rings (SSSR count). The molecule has 2 aromatic rings. The van der Waals surface area contributed by atoms with Crippen LogP contribution in [0.3, 0.4) is 0 Å². The molecule has 1 aromatic heterocycles. The number of anilines is 1. The largest absolute Gasteiger partial charge is 0.379 e. The van der Waals surface area contributed by atoms with Crippen LogP contribution in [-0.2, 0) is 4.74 Å². The summed E-state index contributed by atoms with van der Waals surface area (Å²) in [4.78, 5) is 14.2. The molecule has 1 fully saturated rings. The molecule has 7 nitrogen and oxygen atoms in total. The quantitative estimate of drug-likeness (QED) is 0.783. The molecule has 0 unspecified atom stereocenters. The third kappa shape index (κ3) is 5.01. The van der Waals surface area contributed by atoms with Crippen LogP contribution in [0.4, 0.5) is 14.9 Å². The fraction of sp³-hybridized carbons (Fsp3) is 0.412. The highest BCUT2D eigenvalue weighted by atomic mass is 19.1. The van der Waals surface area contributed by atoms with Crippen molar-refractivity contribution in [3.05, 3.63) is 42.5 Å². The predicted molar refractivity (Wildman–Crippen MR) is 92.4 cm³/mol. The first kappa shape index (κ1) is 17.4. The van der Waals surface area contributed by atoms with Crippen LogP contribution in [0, 0.1) is 5.82 Å². The first-order chi connectivity index (χ1) is 12.2. The van der Waals surface area contributed by atoms with Crippen molar-refractivity contribution in [2.45, 2.75) is 6.42 Å². The molecular formula is C17H22FN5O2. The van der Waals surface area contributed by atoms with Crippen LogP contribution in [0.25, 0.3) is 5.69 Å². The second-order valence-corrected chi connectivity index (χ2v) is 5.81. The number of benzene rings is 1. The smallest absolute Gasteiger partial charge is 0.319 e. The lowest BCUT2D eigenvalue weighted by Gasteiger charge is -2.26. The second-order valence-electron chi connectivity index (χ2n) is 5.81. The van der Waals surface area contributed by atoms with Crippen molar-refractivity contribution in [1.29, 1.82) is 0 Å². The Balaban J connectivity index is 1.42. The number of carbonyl (C=O) groups excluding carboxylic acids is 1. The number of aromatic nitrogens is 2. The zero-order valence-corrected chi connectivity index (χ0v) is 13.9. The fourth-order valence-electron chi connectivity index (χ4n) is 2.66. The molecule has 1 aliphatic heterocycles. The Morgan fingerprint density at radius 1 is 1.28 bits per heavy atom. The molecule has 0 atom stereocenters. The predicted octanol–water partition coefficient (Wildman–Crippen LogP) is 1.86. The number of carbonyl (C=O) groups is 1.